The summed E-state index contributed by atoms with van der Waals surface area (Å²) in [7, 11) is 0. The topological polar surface area (TPSA) is 106 Å². The number of hydrogen-bond acceptors (Lipinski definition) is 6. The smallest absolute Gasteiger partial charge is 0.249 e. The average molecular weight is 430 g/mol. The molecule has 0 amide bonds. The number of benzene rings is 2. The van der Waals surface area contributed by atoms with Crippen molar-refractivity contribution in [3.05, 3.63) is 55.8 Å². The van der Waals surface area contributed by atoms with Gasteiger partial charge in [-0.25, -0.2) is 0 Å². The second-order valence-electron chi connectivity index (χ2n) is 4.13. The summed E-state index contributed by atoms with van der Waals surface area (Å²) in [5.74, 6) is 0. The maximum atomic E-state index is 10.8. The van der Waals surface area contributed by atoms with E-state index in [4.69, 9.17) is 0 Å². The van der Waals surface area contributed by atoms with Crippen LogP contribution in [0.3, 0.4) is 0 Å². The van der Waals surface area contributed by atoms with Crippen LogP contribution in [0, 0.1) is 10.4 Å². The van der Waals surface area contributed by atoms with Crippen molar-refractivity contribution in [2.45, 2.75) is 0 Å². The zero-order valence-corrected chi connectivity index (χ0v) is 13.8. The van der Waals surface area contributed by atoms with E-state index >= 15 is 0 Å². The monoisotopic (exact) mass is 428 g/mol. The molecule has 2 aromatic heterocycles. The number of nitrogens with zero attached hydrogens (tertiary/aromatic N) is 4. The first-order chi connectivity index (χ1) is 10.5. The van der Waals surface area contributed by atoms with Crippen LogP contribution in [0.1, 0.15) is 0 Å². The van der Waals surface area contributed by atoms with Crippen molar-refractivity contribution in [3.8, 4) is 0 Å². The van der Waals surface area contributed by atoms with Gasteiger partial charge < -0.3 is 10.4 Å². The van der Waals surface area contributed by atoms with Gasteiger partial charge in [-0.05, 0) is 34.1 Å². The zero-order valence-electron chi connectivity index (χ0n) is 10.6. The lowest BCUT2D eigenvalue weighted by Gasteiger charge is -1.85. The van der Waals surface area contributed by atoms with E-state index in [-0.39, 0.29) is 0 Å². The standard InChI is InChI=1S/2C6H3BrN2O2/c2*7-4-1-2-6-5(3-4)8-11-9(6)10/h2*1-3H. The van der Waals surface area contributed by atoms with E-state index in [1.54, 1.807) is 36.4 Å². The van der Waals surface area contributed by atoms with Crippen LogP contribution in [0.4, 0.5) is 0 Å². The van der Waals surface area contributed by atoms with Crippen LogP contribution in [0.25, 0.3) is 22.1 Å². The first-order valence-corrected chi connectivity index (χ1v) is 7.43. The van der Waals surface area contributed by atoms with Gasteiger partial charge in [-0.15, -0.1) is 0 Å². The Balaban J connectivity index is 0.000000131. The molecule has 0 aliphatic heterocycles. The molecule has 0 spiro atoms. The Kier molecular flexibility index (Phi) is 3.94. The fraction of sp³-hybridized carbons (Fsp3) is 0. The Bertz CT molecular complexity index is 875. The molecule has 0 N–H and O–H groups in total. The van der Waals surface area contributed by atoms with E-state index in [0.717, 1.165) is 8.95 Å². The van der Waals surface area contributed by atoms with Gasteiger partial charge in [-0.1, -0.05) is 31.9 Å². The minimum absolute atomic E-state index is 0.377. The summed E-state index contributed by atoms with van der Waals surface area (Å²) in [4.78, 5) is 0.754. The predicted molar refractivity (Wildman–Crippen MR) is 81.3 cm³/mol. The normalized spacial score (nSPS) is 10.6. The Morgan fingerprint density at radius 3 is 1.59 bits per heavy atom. The van der Waals surface area contributed by atoms with Gasteiger partial charge in [-0.3, -0.25) is 9.26 Å². The molecule has 0 bridgehead atoms. The SMILES string of the molecule is [O-][n+]1onc2cc(Br)ccc21.[O-][n+]1onc2cc(Br)ccc21. The molecule has 22 heavy (non-hydrogen) atoms. The molecule has 2 aromatic carbocycles. The number of fused-ring (bicyclic) bond motifs is 2. The predicted octanol–water partition coefficient (Wildman–Crippen LogP) is 2.45. The quantitative estimate of drug-likeness (QED) is 0.397. The summed E-state index contributed by atoms with van der Waals surface area (Å²) in [5, 5.41) is 28.6. The molecule has 8 nitrogen and oxygen atoms in total. The molecular formula is C12H6Br2N4O4. The lowest BCUT2D eigenvalue weighted by molar-refractivity contribution is -0.782. The first kappa shape index (κ1) is 14.7. The van der Waals surface area contributed by atoms with Crippen molar-refractivity contribution in [1.29, 1.82) is 0 Å². The molecular weight excluding hydrogens is 424 g/mol. The van der Waals surface area contributed by atoms with Gasteiger partial charge in [0.25, 0.3) is 0 Å². The lowest BCUT2D eigenvalue weighted by atomic mass is 10.3. The van der Waals surface area contributed by atoms with Crippen LogP contribution in [0.15, 0.2) is 54.6 Å². The summed E-state index contributed by atoms with van der Waals surface area (Å²) in [6.45, 7) is 0. The van der Waals surface area contributed by atoms with E-state index < -0.39 is 0 Å². The van der Waals surface area contributed by atoms with Gasteiger partial charge in [0, 0.05) is 31.4 Å². The van der Waals surface area contributed by atoms with Gasteiger partial charge in [-0.2, -0.15) is 0 Å². The molecule has 0 aliphatic carbocycles. The van der Waals surface area contributed by atoms with Gasteiger partial charge in [0.05, 0.1) is 0 Å². The molecule has 0 unspecified atom stereocenters. The molecule has 10 heteroatoms. The lowest BCUT2D eigenvalue weighted by Crippen LogP contribution is -2.22. The highest BCUT2D eigenvalue weighted by Gasteiger charge is 2.08. The second-order valence-corrected chi connectivity index (χ2v) is 5.96. The van der Waals surface area contributed by atoms with Crippen LogP contribution < -0.4 is 9.81 Å². The van der Waals surface area contributed by atoms with Crippen LogP contribution in [-0.4, -0.2) is 10.3 Å². The Morgan fingerprint density at radius 2 is 1.18 bits per heavy atom. The number of halogens is 2. The third kappa shape index (κ3) is 2.88. The molecule has 0 aliphatic rings. The Morgan fingerprint density at radius 1 is 0.773 bits per heavy atom. The largest absolute Gasteiger partial charge is 0.359 e. The molecule has 0 fully saturated rings. The van der Waals surface area contributed by atoms with Crippen LogP contribution in [-0.2, 0) is 0 Å². The van der Waals surface area contributed by atoms with Crippen molar-refractivity contribution in [3.63, 3.8) is 0 Å². The molecule has 0 atom stereocenters. The first-order valence-electron chi connectivity index (χ1n) is 5.84. The number of aromatic nitrogens is 4. The van der Waals surface area contributed by atoms with Crippen molar-refractivity contribution >= 4 is 53.9 Å². The fourth-order valence-corrected chi connectivity index (χ4v) is 2.40. The minimum atomic E-state index is 0.377. The highest BCUT2D eigenvalue weighted by molar-refractivity contribution is 9.10. The van der Waals surface area contributed by atoms with Crippen LogP contribution in [0.5, 0.6) is 0 Å². The highest BCUT2D eigenvalue weighted by Crippen LogP contribution is 2.15. The Hall–Kier alpha value is -2.20. The van der Waals surface area contributed by atoms with Crippen molar-refractivity contribution in [2.75, 3.05) is 0 Å². The molecule has 2 heterocycles. The zero-order chi connectivity index (χ0) is 15.7. The Labute approximate surface area is 139 Å². The van der Waals surface area contributed by atoms with Crippen molar-refractivity contribution in [2.24, 2.45) is 0 Å². The third-order valence-corrected chi connectivity index (χ3v) is 3.68. The molecule has 0 saturated heterocycles. The third-order valence-electron chi connectivity index (χ3n) is 2.69. The van der Waals surface area contributed by atoms with E-state index in [2.05, 4.69) is 51.4 Å². The summed E-state index contributed by atoms with van der Waals surface area (Å²) in [5.41, 5.74) is 1.98. The minimum Gasteiger partial charge on any atom is -0.359 e. The number of hydrogen-bond donors (Lipinski definition) is 0. The molecule has 4 aromatic rings. The van der Waals surface area contributed by atoms with Crippen molar-refractivity contribution < 1.29 is 19.1 Å². The average Bonchev–Trinajstić information content (AvgIpc) is 3.03. The fourth-order valence-electron chi connectivity index (χ4n) is 1.70. The molecule has 112 valence electrons. The van der Waals surface area contributed by atoms with Gasteiger partial charge in [0.15, 0.2) is 0 Å². The number of rotatable bonds is 0. The summed E-state index contributed by atoms with van der Waals surface area (Å²) in [6, 6.07) is 10.2. The van der Waals surface area contributed by atoms with Gasteiger partial charge in [0.1, 0.15) is 0 Å². The molecule has 4 rings (SSSR count). The highest BCUT2D eigenvalue weighted by atomic mass is 79.9. The van der Waals surface area contributed by atoms with Crippen molar-refractivity contribution in [1.82, 2.24) is 10.3 Å². The summed E-state index contributed by atoms with van der Waals surface area (Å²) < 4.78 is 10.5. The molecule has 0 radical (unpaired) electrons. The van der Waals surface area contributed by atoms with E-state index in [1.807, 2.05) is 0 Å². The maximum Gasteiger partial charge on any atom is 0.249 e. The van der Waals surface area contributed by atoms with Gasteiger partial charge >= 0.3 is 0 Å². The van der Waals surface area contributed by atoms with Crippen LogP contribution in [0.2, 0.25) is 0 Å². The summed E-state index contributed by atoms with van der Waals surface area (Å²) >= 11 is 6.50. The second kappa shape index (κ2) is 5.89. The van der Waals surface area contributed by atoms with E-state index in [9.17, 15) is 10.4 Å². The summed E-state index contributed by atoms with van der Waals surface area (Å²) in [6.07, 6.45) is 0. The van der Waals surface area contributed by atoms with Gasteiger partial charge in [0.2, 0.25) is 22.1 Å². The van der Waals surface area contributed by atoms with E-state index in [1.165, 1.54) is 0 Å². The maximum absolute atomic E-state index is 10.8. The molecule has 0 saturated carbocycles. The van der Waals surface area contributed by atoms with Crippen LogP contribution >= 0.6 is 31.9 Å². The van der Waals surface area contributed by atoms with E-state index in [0.29, 0.717) is 31.9 Å².